The molecule has 16 nitrogen and oxygen atoms in total. The van der Waals surface area contributed by atoms with E-state index in [1.807, 2.05) is 52.0 Å². The summed E-state index contributed by atoms with van der Waals surface area (Å²) in [6, 6.07) is 9.44. The molecule has 2 aromatic carbocycles. The van der Waals surface area contributed by atoms with E-state index in [1.54, 1.807) is 51.4 Å². The van der Waals surface area contributed by atoms with Gasteiger partial charge in [-0.15, -0.1) is 0 Å². The van der Waals surface area contributed by atoms with E-state index in [4.69, 9.17) is 9.26 Å². The lowest BCUT2D eigenvalue weighted by atomic mass is 9.99. The van der Waals surface area contributed by atoms with Crippen molar-refractivity contribution in [3.8, 4) is 5.75 Å². The van der Waals surface area contributed by atoms with Crippen LogP contribution in [0.25, 0.3) is 10.9 Å². The number of aromatic nitrogens is 2. The highest BCUT2D eigenvalue weighted by atomic mass is 16.5. The van der Waals surface area contributed by atoms with E-state index >= 15 is 0 Å². The fourth-order valence-electron chi connectivity index (χ4n) is 7.22. The zero-order valence-corrected chi connectivity index (χ0v) is 35.6. The molecule has 0 spiro atoms. The van der Waals surface area contributed by atoms with Gasteiger partial charge in [0.05, 0.1) is 25.8 Å². The molecule has 6 N–H and O–H groups in total. The fraction of sp³-hybridized carbons (Fsp3) is 0.477. The van der Waals surface area contributed by atoms with Gasteiger partial charge in [0.15, 0.2) is 0 Å². The van der Waals surface area contributed by atoms with Gasteiger partial charge in [0.25, 0.3) is 0 Å². The first-order chi connectivity index (χ1) is 28.5. The lowest BCUT2D eigenvalue weighted by Gasteiger charge is -2.32. The Balaban J connectivity index is 1.54. The second-order valence-corrected chi connectivity index (χ2v) is 16.3. The summed E-state index contributed by atoms with van der Waals surface area (Å²) in [6.45, 7) is 12.0. The standard InChI is InChI=1S/C44H58N8O8/c1-24(2)17-35-43(57)49-36(18-29-13-15-31(59-8)16-14-29)42(56)46-27(6)41(55)50-38(25(3)4)22-52(40(54)20-33-26(5)51-60-28(33)7)23-39(53)47-37(44(58)48-35)19-30-21-45-34-12-10-9-11-32(30)34/h9-16,21,24-25,27,35-38,45H,17-20,22-23H2,1-8H3,(H,46,56)(H,47,53)(H,48,58)(H,49,57)(H,50,55)/t27-,35+,36+,37-,38-/m1/s1. The second-order valence-electron chi connectivity index (χ2n) is 16.3. The molecular weight excluding hydrogens is 769 g/mol. The number of methoxy groups -OCH3 is 1. The maximum Gasteiger partial charge on any atom is 0.243 e. The molecule has 16 heteroatoms. The summed E-state index contributed by atoms with van der Waals surface area (Å²) in [5, 5.41) is 19.1. The van der Waals surface area contributed by atoms with Crippen molar-refractivity contribution in [1.82, 2.24) is 41.6 Å². The topological polar surface area (TPSA) is 217 Å². The molecule has 1 aliphatic heterocycles. The van der Waals surface area contributed by atoms with Crippen LogP contribution in [0.3, 0.4) is 0 Å². The molecule has 1 aliphatic rings. The Morgan fingerprint density at radius 2 is 1.48 bits per heavy atom. The molecule has 0 aliphatic carbocycles. The summed E-state index contributed by atoms with van der Waals surface area (Å²) in [5.74, 6) is -2.64. The average Bonchev–Trinajstić information content (AvgIpc) is 3.76. The molecule has 322 valence electrons. The van der Waals surface area contributed by atoms with E-state index in [-0.39, 0.29) is 44.1 Å². The van der Waals surface area contributed by atoms with E-state index in [2.05, 4.69) is 36.7 Å². The number of aromatic amines is 1. The van der Waals surface area contributed by atoms with Crippen LogP contribution in [0.2, 0.25) is 0 Å². The van der Waals surface area contributed by atoms with Crippen LogP contribution in [0.4, 0.5) is 0 Å². The summed E-state index contributed by atoms with van der Waals surface area (Å²) >= 11 is 0. The first kappa shape index (κ1) is 44.9. The monoisotopic (exact) mass is 826 g/mol. The third-order valence-corrected chi connectivity index (χ3v) is 10.8. The summed E-state index contributed by atoms with van der Waals surface area (Å²) in [6.07, 6.45) is 1.97. The van der Waals surface area contributed by atoms with Gasteiger partial charge in [-0.05, 0) is 68.4 Å². The molecule has 3 heterocycles. The molecule has 0 unspecified atom stereocenters. The largest absolute Gasteiger partial charge is 0.497 e. The SMILES string of the molecule is COc1ccc(C[C@@H]2NC(=O)[C@H](CC(C)C)NC(=O)[C@@H](Cc3c[nH]c4ccccc34)NC(=O)CN(C(=O)Cc3c(C)noc3C)C[C@H](C(C)C)NC(=O)[C@@H](C)NC2=O)cc1. The minimum atomic E-state index is -1.18. The molecular formula is C44H58N8O8. The van der Waals surface area contributed by atoms with Gasteiger partial charge in [-0.25, -0.2) is 0 Å². The number of rotatable bonds is 10. The minimum Gasteiger partial charge on any atom is -0.497 e. The predicted octanol–water partition coefficient (Wildman–Crippen LogP) is 2.80. The number of para-hydroxylation sites is 1. The second kappa shape index (κ2) is 20.2. The molecule has 1 saturated heterocycles. The quantitative estimate of drug-likeness (QED) is 0.138. The summed E-state index contributed by atoms with van der Waals surface area (Å²) < 4.78 is 10.6. The van der Waals surface area contributed by atoms with Crippen LogP contribution < -0.4 is 31.3 Å². The highest BCUT2D eigenvalue weighted by Crippen LogP contribution is 2.21. The molecule has 5 rings (SSSR count). The lowest BCUT2D eigenvalue weighted by molar-refractivity contribution is -0.138. The van der Waals surface area contributed by atoms with Crippen LogP contribution in [0.1, 0.15) is 69.2 Å². The van der Waals surface area contributed by atoms with Crippen molar-refractivity contribution in [2.75, 3.05) is 20.2 Å². The summed E-state index contributed by atoms with van der Waals surface area (Å²) in [5.41, 5.74) is 3.41. The third-order valence-electron chi connectivity index (χ3n) is 10.8. The molecule has 2 aromatic heterocycles. The fourth-order valence-corrected chi connectivity index (χ4v) is 7.22. The predicted molar refractivity (Wildman–Crippen MR) is 225 cm³/mol. The van der Waals surface area contributed by atoms with Crippen molar-refractivity contribution >= 4 is 46.3 Å². The number of benzene rings is 2. The van der Waals surface area contributed by atoms with Gasteiger partial charge in [0, 0.05) is 48.1 Å². The Labute approximate surface area is 350 Å². The number of aryl methyl sites for hydroxylation is 2. The maximum atomic E-state index is 14.4. The Kier molecular flexibility index (Phi) is 15.1. The van der Waals surface area contributed by atoms with Gasteiger partial charge in [0.2, 0.25) is 35.4 Å². The van der Waals surface area contributed by atoms with Crippen molar-refractivity contribution in [1.29, 1.82) is 0 Å². The van der Waals surface area contributed by atoms with E-state index in [9.17, 15) is 28.8 Å². The maximum absolute atomic E-state index is 14.4. The third kappa shape index (κ3) is 11.7. The molecule has 6 amide bonds. The number of fused-ring (bicyclic) bond motifs is 1. The van der Waals surface area contributed by atoms with Crippen molar-refractivity contribution < 1.29 is 38.0 Å². The highest BCUT2D eigenvalue weighted by molar-refractivity contribution is 5.96. The molecule has 1 fully saturated rings. The van der Waals surface area contributed by atoms with Crippen molar-refractivity contribution in [3.63, 3.8) is 0 Å². The number of H-pyrrole nitrogens is 1. The van der Waals surface area contributed by atoms with Gasteiger partial charge in [-0.2, -0.15) is 0 Å². The van der Waals surface area contributed by atoms with Crippen molar-refractivity contribution in [3.05, 3.63) is 82.9 Å². The van der Waals surface area contributed by atoms with Crippen LogP contribution in [0, 0.1) is 25.7 Å². The van der Waals surface area contributed by atoms with E-state index in [0.717, 1.165) is 16.5 Å². The van der Waals surface area contributed by atoms with Gasteiger partial charge < -0.3 is 45.7 Å². The first-order valence-corrected chi connectivity index (χ1v) is 20.4. The van der Waals surface area contributed by atoms with E-state index in [0.29, 0.717) is 28.3 Å². The van der Waals surface area contributed by atoms with Gasteiger partial charge in [-0.3, -0.25) is 28.8 Å². The number of carbonyl (C=O) groups excluding carboxylic acids is 6. The Morgan fingerprint density at radius 1 is 0.833 bits per heavy atom. The molecule has 60 heavy (non-hydrogen) atoms. The zero-order chi connectivity index (χ0) is 43.7. The van der Waals surface area contributed by atoms with E-state index < -0.39 is 72.2 Å². The highest BCUT2D eigenvalue weighted by Gasteiger charge is 2.34. The van der Waals surface area contributed by atoms with Crippen LogP contribution in [0.5, 0.6) is 5.75 Å². The van der Waals surface area contributed by atoms with Crippen LogP contribution in [0.15, 0.2) is 59.3 Å². The Bertz CT molecular complexity index is 2140. The first-order valence-electron chi connectivity index (χ1n) is 20.4. The molecule has 4 aromatic rings. The van der Waals surface area contributed by atoms with Crippen LogP contribution >= 0.6 is 0 Å². The number of hydrogen-bond donors (Lipinski definition) is 6. The zero-order valence-electron chi connectivity index (χ0n) is 35.6. The smallest absolute Gasteiger partial charge is 0.243 e. The molecule has 0 bridgehead atoms. The number of nitrogens with zero attached hydrogens (tertiary/aromatic N) is 2. The normalized spacial score (nSPS) is 21.5. The summed E-state index contributed by atoms with van der Waals surface area (Å²) in [7, 11) is 1.54. The van der Waals surface area contributed by atoms with Gasteiger partial charge >= 0.3 is 0 Å². The number of amides is 6. The Morgan fingerprint density at radius 3 is 2.13 bits per heavy atom. The number of carbonyl (C=O) groups is 6. The van der Waals surface area contributed by atoms with Gasteiger partial charge in [-0.1, -0.05) is 63.2 Å². The van der Waals surface area contributed by atoms with E-state index in [1.165, 1.54) is 11.8 Å². The van der Waals surface area contributed by atoms with Crippen molar-refractivity contribution in [2.24, 2.45) is 11.8 Å². The number of nitrogens with one attached hydrogen (secondary N) is 6. The Hall–Kier alpha value is -6.19. The molecule has 0 radical (unpaired) electrons. The minimum absolute atomic E-state index is 0.0513. The lowest BCUT2D eigenvalue weighted by Crippen LogP contribution is -2.60. The average molecular weight is 827 g/mol. The molecule has 0 saturated carbocycles. The van der Waals surface area contributed by atoms with Crippen LogP contribution in [-0.2, 0) is 48.0 Å². The van der Waals surface area contributed by atoms with Crippen LogP contribution in [-0.4, -0.2) is 101 Å². The van der Waals surface area contributed by atoms with Crippen molar-refractivity contribution in [2.45, 2.75) is 104 Å². The van der Waals surface area contributed by atoms with Gasteiger partial charge in [0.1, 0.15) is 35.7 Å². The molecule has 5 atom stereocenters. The number of ether oxygens (including phenoxy) is 1. The number of hydrogen-bond acceptors (Lipinski definition) is 9. The summed E-state index contributed by atoms with van der Waals surface area (Å²) in [4.78, 5) is 89.2.